The Morgan fingerprint density at radius 1 is 1.00 bits per heavy atom. The van der Waals surface area contributed by atoms with E-state index in [1.54, 1.807) is 7.11 Å². The number of Topliss-reactive ketones (excluding diaryl/α,β-unsaturated/α-hetero) is 1. The lowest BCUT2D eigenvalue weighted by Crippen LogP contribution is -2.30. The first-order valence-electron chi connectivity index (χ1n) is 9.78. The molecule has 0 saturated heterocycles. The number of methoxy groups -OCH3 is 1. The van der Waals surface area contributed by atoms with Crippen LogP contribution in [0.5, 0.6) is 5.75 Å². The lowest BCUT2D eigenvalue weighted by molar-refractivity contribution is 0.0945. The summed E-state index contributed by atoms with van der Waals surface area (Å²) in [5.41, 5.74) is 3.82. The van der Waals surface area contributed by atoms with Crippen LogP contribution >= 0.6 is 0 Å². The topological polar surface area (TPSA) is 54.1 Å². The molecule has 4 heteroatoms. The third kappa shape index (κ3) is 4.23. The lowest BCUT2D eigenvalue weighted by Gasteiger charge is -2.18. The van der Waals surface area contributed by atoms with E-state index in [4.69, 9.17) is 4.74 Å². The predicted octanol–water partition coefficient (Wildman–Crippen LogP) is 4.93. The van der Waals surface area contributed by atoms with Crippen molar-refractivity contribution < 1.29 is 9.53 Å². The number of nitrogens with one attached hydrogen (secondary N) is 2. The Bertz CT molecular complexity index is 1100. The summed E-state index contributed by atoms with van der Waals surface area (Å²) in [5, 5.41) is 4.42. The van der Waals surface area contributed by atoms with Gasteiger partial charge >= 0.3 is 0 Å². The number of fused-ring (bicyclic) bond motifs is 1. The Balaban J connectivity index is 1.56. The van der Waals surface area contributed by atoms with Gasteiger partial charge in [-0.15, -0.1) is 0 Å². The van der Waals surface area contributed by atoms with E-state index in [1.165, 1.54) is 5.56 Å². The molecule has 146 valence electrons. The molecule has 1 unspecified atom stereocenters. The first-order chi connectivity index (χ1) is 14.3. The van der Waals surface area contributed by atoms with Crippen LogP contribution in [0.15, 0.2) is 85.1 Å². The molecule has 29 heavy (non-hydrogen) atoms. The van der Waals surface area contributed by atoms with Gasteiger partial charge in [0.1, 0.15) is 5.75 Å². The fourth-order valence-electron chi connectivity index (χ4n) is 3.63. The highest BCUT2D eigenvalue weighted by atomic mass is 16.5. The Hall–Kier alpha value is -3.37. The van der Waals surface area contributed by atoms with Gasteiger partial charge in [-0.2, -0.15) is 0 Å². The fourth-order valence-corrected chi connectivity index (χ4v) is 3.63. The van der Waals surface area contributed by atoms with Gasteiger partial charge in [-0.1, -0.05) is 60.7 Å². The van der Waals surface area contributed by atoms with Crippen molar-refractivity contribution in [3.8, 4) is 5.75 Å². The standard InChI is InChI=1S/C25H24N2O2/c1-29-20-11-7-8-18(16-20)14-15-26-24(19-9-3-2-4-10-19)25(28)22-17-27-23-13-6-5-12-21(22)23/h2-13,16-17,24,26-27H,14-15H2,1H3. The minimum atomic E-state index is -0.402. The Labute approximate surface area is 170 Å². The van der Waals surface area contributed by atoms with E-state index in [2.05, 4.69) is 16.4 Å². The summed E-state index contributed by atoms with van der Waals surface area (Å²) in [5.74, 6) is 0.913. The molecule has 1 heterocycles. The second-order valence-electron chi connectivity index (χ2n) is 7.01. The number of carbonyl (C=O) groups excluding carboxylic acids is 1. The van der Waals surface area contributed by atoms with Gasteiger partial charge in [-0.25, -0.2) is 0 Å². The number of aromatic nitrogens is 1. The van der Waals surface area contributed by atoms with Crippen molar-refractivity contribution in [3.63, 3.8) is 0 Å². The predicted molar refractivity (Wildman–Crippen MR) is 117 cm³/mol. The number of hydrogen-bond donors (Lipinski definition) is 2. The number of aromatic amines is 1. The van der Waals surface area contributed by atoms with Crippen molar-refractivity contribution in [1.29, 1.82) is 0 Å². The molecular weight excluding hydrogens is 360 g/mol. The van der Waals surface area contributed by atoms with Gasteiger partial charge in [0.15, 0.2) is 5.78 Å². The summed E-state index contributed by atoms with van der Waals surface area (Å²) < 4.78 is 5.30. The molecule has 0 radical (unpaired) electrons. The van der Waals surface area contributed by atoms with Crippen LogP contribution in [0.3, 0.4) is 0 Å². The average molecular weight is 384 g/mol. The van der Waals surface area contributed by atoms with Crippen LogP contribution in [0.2, 0.25) is 0 Å². The maximum atomic E-state index is 13.5. The van der Waals surface area contributed by atoms with Crippen molar-refractivity contribution in [2.75, 3.05) is 13.7 Å². The highest BCUT2D eigenvalue weighted by Crippen LogP contribution is 2.25. The smallest absolute Gasteiger partial charge is 0.186 e. The number of benzene rings is 3. The minimum Gasteiger partial charge on any atom is -0.497 e. The molecule has 4 nitrogen and oxygen atoms in total. The summed E-state index contributed by atoms with van der Waals surface area (Å²) in [6.45, 7) is 0.681. The highest BCUT2D eigenvalue weighted by molar-refractivity contribution is 6.10. The number of ether oxygens (including phenoxy) is 1. The fraction of sp³-hybridized carbons (Fsp3) is 0.160. The molecular formula is C25H24N2O2. The Morgan fingerprint density at radius 3 is 2.62 bits per heavy atom. The van der Waals surface area contributed by atoms with Crippen LogP contribution in [-0.2, 0) is 6.42 Å². The molecule has 4 aromatic rings. The SMILES string of the molecule is COc1cccc(CCNC(C(=O)c2c[nH]c3ccccc23)c2ccccc2)c1. The second-order valence-corrected chi connectivity index (χ2v) is 7.01. The summed E-state index contributed by atoms with van der Waals surface area (Å²) >= 11 is 0. The molecule has 0 saturated carbocycles. The van der Waals surface area contributed by atoms with Crippen LogP contribution in [0, 0.1) is 0 Å². The van der Waals surface area contributed by atoms with Crippen LogP contribution < -0.4 is 10.1 Å². The number of para-hydroxylation sites is 1. The van der Waals surface area contributed by atoms with Gasteiger partial charge in [0, 0.05) is 29.2 Å². The molecule has 0 aliphatic rings. The van der Waals surface area contributed by atoms with E-state index in [0.717, 1.165) is 28.6 Å². The van der Waals surface area contributed by atoms with Crippen molar-refractivity contribution >= 4 is 16.7 Å². The number of H-pyrrole nitrogens is 1. The van der Waals surface area contributed by atoms with Crippen LogP contribution in [0.25, 0.3) is 10.9 Å². The number of rotatable bonds is 8. The van der Waals surface area contributed by atoms with Gasteiger partial charge in [0.05, 0.1) is 13.2 Å². The molecule has 3 aromatic carbocycles. The maximum Gasteiger partial charge on any atom is 0.186 e. The third-order valence-electron chi connectivity index (χ3n) is 5.15. The van der Waals surface area contributed by atoms with Crippen LogP contribution in [0.4, 0.5) is 0 Å². The molecule has 0 fully saturated rings. The van der Waals surface area contributed by atoms with E-state index in [-0.39, 0.29) is 5.78 Å². The van der Waals surface area contributed by atoms with Gasteiger partial charge in [-0.3, -0.25) is 4.79 Å². The number of carbonyl (C=O) groups is 1. The van der Waals surface area contributed by atoms with Gasteiger partial charge in [0.25, 0.3) is 0 Å². The Morgan fingerprint density at radius 2 is 1.79 bits per heavy atom. The zero-order chi connectivity index (χ0) is 20.1. The van der Waals surface area contributed by atoms with Gasteiger partial charge in [-0.05, 0) is 35.7 Å². The van der Waals surface area contributed by atoms with Crippen molar-refractivity contribution in [3.05, 3.63) is 102 Å². The number of ketones is 1. The van der Waals surface area contributed by atoms with E-state index in [1.807, 2.05) is 79.0 Å². The van der Waals surface area contributed by atoms with Crippen molar-refractivity contribution in [2.45, 2.75) is 12.5 Å². The normalized spacial score (nSPS) is 12.0. The van der Waals surface area contributed by atoms with E-state index in [0.29, 0.717) is 12.1 Å². The quantitative estimate of drug-likeness (QED) is 0.423. The van der Waals surface area contributed by atoms with Crippen LogP contribution in [0.1, 0.15) is 27.5 Å². The molecule has 1 atom stereocenters. The zero-order valence-electron chi connectivity index (χ0n) is 16.4. The van der Waals surface area contributed by atoms with Crippen molar-refractivity contribution in [2.24, 2.45) is 0 Å². The summed E-state index contributed by atoms with van der Waals surface area (Å²) in [6.07, 6.45) is 2.62. The van der Waals surface area contributed by atoms with Gasteiger partial charge < -0.3 is 15.0 Å². The lowest BCUT2D eigenvalue weighted by atomic mass is 9.96. The molecule has 0 aliphatic heterocycles. The van der Waals surface area contributed by atoms with Gasteiger partial charge in [0.2, 0.25) is 0 Å². The molecule has 2 N–H and O–H groups in total. The van der Waals surface area contributed by atoms with E-state index >= 15 is 0 Å². The maximum absolute atomic E-state index is 13.5. The molecule has 1 aromatic heterocycles. The average Bonchev–Trinajstić information content (AvgIpc) is 3.21. The number of hydrogen-bond acceptors (Lipinski definition) is 3. The minimum absolute atomic E-state index is 0.0688. The summed E-state index contributed by atoms with van der Waals surface area (Å²) in [4.78, 5) is 16.7. The monoisotopic (exact) mass is 384 g/mol. The largest absolute Gasteiger partial charge is 0.497 e. The molecule has 0 aliphatic carbocycles. The molecule has 0 amide bonds. The molecule has 0 bridgehead atoms. The summed E-state index contributed by atoms with van der Waals surface area (Å²) in [7, 11) is 1.67. The highest BCUT2D eigenvalue weighted by Gasteiger charge is 2.23. The van der Waals surface area contributed by atoms with Crippen LogP contribution in [-0.4, -0.2) is 24.4 Å². The second kappa shape index (κ2) is 8.76. The zero-order valence-corrected chi connectivity index (χ0v) is 16.4. The van der Waals surface area contributed by atoms with E-state index in [9.17, 15) is 4.79 Å². The van der Waals surface area contributed by atoms with E-state index < -0.39 is 6.04 Å². The summed E-state index contributed by atoms with van der Waals surface area (Å²) in [6, 6.07) is 25.4. The Kier molecular flexibility index (Phi) is 5.73. The molecule has 0 spiro atoms. The molecule has 4 rings (SSSR count). The van der Waals surface area contributed by atoms with Crippen molar-refractivity contribution in [1.82, 2.24) is 10.3 Å². The first-order valence-corrected chi connectivity index (χ1v) is 9.78. The first kappa shape index (κ1) is 19.0. The third-order valence-corrected chi connectivity index (χ3v) is 5.15.